The van der Waals surface area contributed by atoms with Crippen molar-refractivity contribution in [3.05, 3.63) is 45.1 Å². The predicted molar refractivity (Wildman–Crippen MR) is 122 cm³/mol. The number of nitrogens with one attached hydrogen (secondary N) is 1. The highest BCUT2D eigenvalue weighted by Gasteiger charge is 2.32. The number of carbonyl (C=O) groups is 2. The highest BCUT2D eigenvalue weighted by atomic mass is 79.9. The van der Waals surface area contributed by atoms with Gasteiger partial charge in [-0.05, 0) is 65.2 Å². The predicted octanol–water partition coefficient (Wildman–Crippen LogP) is 4.00. The Labute approximate surface area is 187 Å². The fraction of sp³-hybridized carbons (Fsp3) is 0.381. The van der Waals surface area contributed by atoms with Crippen LogP contribution in [0.1, 0.15) is 35.4 Å². The summed E-state index contributed by atoms with van der Waals surface area (Å²) in [5.74, 6) is 0.799. The number of piperidine rings is 1. The van der Waals surface area contributed by atoms with Crippen LogP contribution in [0, 0.1) is 0 Å². The van der Waals surface area contributed by atoms with Crippen molar-refractivity contribution in [3.8, 4) is 0 Å². The molecule has 1 unspecified atom stereocenters. The fourth-order valence-electron chi connectivity index (χ4n) is 3.85. The van der Waals surface area contributed by atoms with E-state index in [-0.39, 0.29) is 17.9 Å². The molecular formula is C21H23BrN4O3S. The van der Waals surface area contributed by atoms with E-state index in [9.17, 15) is 9.59 Å². The van der Waals surface area contributed by atoms with E-state index in [1.807, 2.05) is 30.3 Å². The Morgan fingerprint density at radius 3 is 2.57 bits per heavy atom. The lowest BCUT2D eigenvalue weighted by Crippen LogP contribution is -2.37. The first-order valence-corrected chi connectivity index (χ1v) is 11.5. The molecule has 0 radical (unpaired) electrons. The van der Waals surface area contributed by atoms with Crippen molar-refractivity contribution in [1.82, 2.24) is 5.32 Å². The number of thiophene rings is 1. The maximum absolute atomic E-state index is 12.6. The number of amidine groups is 1. The topological polar surface area (TPSA) is 74.2 Å². The molecule has 7 nitrogen and oxygen atoms in total. The minimum atomic E-state index is -0.201. The number of amides is 2. The number of oxime groups is 1. The summed E-state index contributed by atoms with van der Waals surface area (Å²) >= 11 is 4.75. The summed E-state index contributed by atoms with van der Waals surface area (Å²) in [4.78, 5) is 34.5. The van der Waals surface area contributed by atoms with Crippen molar-refractivity contribution in [2.24, 2.45) is 5.16 Å². The van der Waals surface area contributed by atoms with Crippen molar-refractivity contribution in [2.45, 2.75) is 31.7 Å². The zero-order chi connectivity index (χ0) is 21.1. The molecule has 0 aliphatic carbocycles. The maximum Gasteiger partial charge on any atom is 0.261 e. The van der Waals surface area contributed by atoms with Gasteiger partial charge < -0.3 is 20.0 Å². The number of rotatable bonds is 5. The Morgan fingerprint density at radius 2 is 1.90 bits per heavy atom. The van der Waals surface area contributed by atoms with Gasteiger partial charge in [-0.2, -0.15) is 0 Å². The lowest BCUT2D eigenvalue weighted by atomic mass is 10.1. The number of anilines is 2. The fourth-order valence-corrected chi connectivity index (χ4v) is 5.14. The van der Waals surface area contributed by atoms with Crippen LogP contribution in [-0.2, 0) is 9.63 Å². The van der Waals surface area contributed by atoms with E-state index in [0.717, 1.165) is 46.8 Å². The Hall–Kier alpha value is -2.39. The smallest absolute Gasteiger partial charge is 0.261 e. The number of hydrogen-bond donors (Lipinski definition) is 1. The van der Waals surface area contributed by atoms with Crippen molar-refractivity contribution in [1.29, 1.82) is 0 Å². The Morgan fingerprint density at radius 1 is 1.17 bits per heavy atom. The van der Waals surface area contributed by atoms with Crippen LogP contribution in [0.25, 0.3) is 0 Å². The molecule has 2 aliphatic heterocycles. The first-order valence-electron chi connectivity index (χ1n) is 9.89. The van der Waals surface area contributed by atoms with Gasteiger partial charge in [0.1, 0.15) is 12.9 Å². The molecule has 2 fully saturated rings. The van der Waals surface area contributed by atoms with E-state index in [0.29, 0.717) is 17.8 Å². The molecule has 1 atom stereocenters. The minimum absolute atomic E-state index is 0.0139. The average molecular weight is 491 g/mol. The molecule has 4 rings (SSSR count). The Kier molecular flexibility index (Phi) is 6.38. The van der Waals surface area contributed by atoms with Crippen LogP contribution in [0.3, 0.4) is 0 Å². The largest absolute Gasteiger partial charge is 0.398 e. The summed E-state index contributed by atoms with van der Waals surface area (Å²) in [6.07, 6.45) is 3.41. The molecule has 2 amide bonds. The minimum Gasteiger partial charge on any atom is -0.398 e. The van der Waals surface area contributed by atoms with Crippen LogP contribution in [-0.4, -0.2) is 43.9 Å². The second kappa shape index (κ2) is 9.18. The third-order valence-electron chi connectivity index (χ3n) is 5.27. The van der Waals surface area contributed by atoms with Crippen molar-refractivity contribution in [3.63, 3.8) is 0 Å². The van der Waals surface area contributed by atoms with Crippen molar-refractivity contribution < 1.29 is 14.4 Å². The average Bonchev–Trinajstić information content (AvgIpc) is 3.34. The molecule has 30 heavy (non-hydrogen) atoms. The molecule has 0 bridgehead atoms. The van der Waals surface area contributed by atoms with Gasteiger partial charge in [-0.3, -0.25) is 9.59 Å². The summed E-state index contributed by atoms with van der Waals surface area (Å²) in [5, 5.41) is 7.12. The molecule has 9 heteroatoms. The molecular weight excluding hydrogens is 468 g/mol. The van der Waals surface area contributed by atoms with Crippen LogP contribution in [0.2, 0.25) is 0 Å². The van der Waals surface area contributed by atoms with Gasteiger partial charge in [0.2, 0.25) is 5.91 Å². The second-order valence-electron chi connectivity index (χ2n) is 7.30. The van der Waals surface area contributed by atoms with Crippen molar-refractivity contribution in [2.75, 3.05) is 30.0 Å². The van der Waals surface area contributed by atoms with Gasteiger partial charge in [-0.25, -0.2) is 0 Å². The quantitative estimate of drug-likeness (QED) is 0.642. The van der Waals surface area contributed by atoms with E-state index < -0.39 is 0 Å². The summed E-state index contributed by atoms with van der Waals surface area (Å²) < 4.78 is 0.907. The van der Waals surface area contributed by atoms with E-state index in [1.54, 1.807) is 18.1 Å². The molecule has 158 valence electrons. The number of halogens is 1. The molecule has 1 aromatic carbocycles. The molecule has 0 spiro atoms. The SMILES string of the molecule is CO/N=C1/CCCCN1c1ccc(N2CC(NC(=O)c3ccc(Br)s3)CC2=O)cc1. The van der Waals surface area contributed by atoms with Crippen LogP contribution >= 0.6 is 27.3 Å². The number of benzene rings is 1. The van der Waals surface area contributed by atoms with E-state index >= 15 is 0 Å². The molecule has 2 aliphatic rings. The van der Waals surface area contributed by atoms with Gasteiger partial charge in [0.05, 0.1) is 14.7 Å². The summed E-state index contributed by atoms with van der Waals surface area (Å²) in [7, 11) is 1.56. The summed E-state index contributed by atoms with van der Waals surface area (Å²) in [6.45, 7) is 1.37. The summed E-state index contributed by atoms with van der Waals surface area (Å²) in [5.41, 5.74) is 1.87. The zero-order valence-corrected chi connectivity index (χ0v) is 19.0. The Balaban J connectivity index is 1.42. The monoisotopic (exact) mass is 490 g/mol. The molecule has 0 saturated carbocycles. The highest BCUT2D eigenvalue weighted by Crippen LogP contribution is 2.28. The van der Waals surface area contributed by atoms with Crippen LogP contribution in [0.4, 0.5) is 11.4 Å². The van der Waals surface area contributed by atoms with Gasteiger partial charge in [-0.15, -0.1) is 11.3 Å². The van der Waals surface area contributed by atoms with E-state index in [1.165, 1.54) is 11.3 Å². The molecule has 2 saturated heterocycles. The van der Waals surface area contributed by atoms with Gasteiger partial charge in [0, 0.05) is 37.3 Å². The van der Waals surface area contributed by atoms with Gasteiger partial charge in [0.25, 0.3) is 5.91 Å². The summed E-state index contributed by atoms with van der Waals surface area (Å²) in [6, 6.07) is 11.3. The van der Waals surface area contributed by atoms with E-state index in [2.05, 4.69) is 31.3 Å². The molecule has 1 N–H and O–H groups in total. The van der Waals surface area contributed by atoms with Crippen LogP contribution < -0.4 is 15.1 Å². The maximum atomic E-state index is 12.6. The lowest BCUT2D eigenvalue weighted by molar-refractivity contribution is -0.117. The lowest BCUT2D eigenvalue weighted by Gasteiger charge is -2.30. The van der Waals surface area contributed by atoms with Gasteiger partial charge >= 0.3 is 0 Å². The van der Waals surface area contributed by atoms with Gasteiger partial charge in [-0.1, -0.05) is 5.16 Å². The molecule has 3 heterocycles. The van der Waals surface area contributed by atoms with Crippen LogP contribution in [0.5, 0.6) is 0 Å². The molecule has 1 aromatic heterocycles. The number of nitrogens with zero attached hydrogens (tertiary/aromatic N) is 3. The highest BCUT2D eigenvalue weighted by molar-refractivity contribution is 9.11. The normalized spacial score (nSPS) is 20.7. The first kappa shape index (κ1) is 20.9. The number of hydrogen-bond acceptors (Lipinski definition) is 5. The zero-order valence-electron chi connectivity index (χ0n) is 16.6. The second-order valence-corrected chi connectivity index (χ2v) is 9.76. The van der Waals surface area contributed by atoms with Crippen molar-refractivity contribution >= 4 is 56.3 Å². The molecule has 2 aromatic rings. The first-order chi connectivity index (χ1) is 14.5. The van der Waals surface area contributed by atoms with Gasteiger partial charge in [0.15, 0.2) is 0 Å². The van der Waals surface area contributed by atoms with Crippen LogP contribution in [0.15, 0.2) is 45.3 Å². The third kappa shape index (κ3) is 4.52. The number of carbonyl (C=O) groups excluding carboxylic acids is 2. The standard InChI is InChI=1S/C21H23BrN4O3S/c1-29-24-19-4-2-3-11-25(19)15-5-7-16(8-6-15)26-13-14(12-20(26)27)23-21(28)17-9-10-18(22)30-17/h5-10,14H,2-4,11-13H2,1H3,(H,23,28)/b24-19-. The third-order valence-corrected chi connectivity index (χ3v) is 6.89. The Bertz CT molecular complexity index is 959. The van der Waals surface area contributed by atoms with E-state index in [4.69, 9.17) is 4.84 Å².